The maximum absolute atomic E-state index is 11.8. The predicted molar refractivity (Wildman–Crippen MR) is 113 cm³/mol. The number of benzene rings is 2. The molecule has 2 aromatic rings. The van der Waals surface area contributed by atoms with Crippen LogP contribution in [0.1, 0.15) is 24.0 Å². The first-order chi connectivity index (χ1) is 13.9. The van der Waals surface area contributed by atoms with Crippen molar-refractivity contribution >= 4 is 35.8 Å². The van der Waals surface area contributed by atoms with E-state index in [2.05, 4.69) is 23.8 Å². The minimum atomic E-state index is -0.377. The Bertz CT molecular complexity index is 851. The van der Waals surface area contributed by atoms with Gasteiger partial charge in [-0.05, 0) is 41.8 Å². The van der Waals surface area contributed by atoms with E-state index in [0.29, 0.717) is 30.4 Å². The molecule has 0 saturated carbocycles. The second-order valence-electron chi connectivity index (χ2n) is 6.43. The molecule has 2 N–H and O–H groups in total. The Hall–Kier alpha value is -3.80. The van der Waals surface area contributed by atoms with E-state index in [-0.39, 0.29) is 35.8 Å². The molecule has 0 radical (unpaired) electrons. The lowest BCUT2D eigenvalue weighted by Gasteiger charge is -2.09. The van der Waals surface area contributed by atoms with Gasteiger partial charge in [0.2, 0.25) is 0 Å². The van der Waals surface area contributed by atoms with Crippen LogP contribution in [0.15, 0.2) is 72.8 Å². The SMILES string of the molecule is C=C(CC=O)C(=O)Nc1ccc(Cc2ccc(NC(=O)C(=C)CC=O)cc2)cc1. The van der Waals surface area contributed by atoms with Crippen LogP contribution in [0.2, 0.25) is 0 Å². The summed E-state index contributed by atoms with van der Waals surface area (Å²) in [6.07, 6.45) is 1.97. The number of amides is 2. The van der Waals surface area contributed by atoms with Crippen LogP contribution in [0.25, 0.3) is 0 Å². The third kappa shape index (κ3) is 6.70. The highest BCUT2D eigenvalue weighted by Gasteiger charge is 2.08. The van der Waals surface area contributed by atoms with Gasteiger partial charge in [-0.15, -0.1) is 0 Å². The van der Waals surface area contributed by atoms with Crippen molar-refractivity contribution in [1.82, 2.24) is 0 Å². The molecular weight excluding hydrogens is 368 g/mol. The lowest BCUT2D eigenvalue weighted by atomic mass is 10.0. The Morgan fingerprint density at radius 2 is 1.03 bits per heavy atom. The minimum absolute atomic E-state index is 0.00552. The van der Waals surface area contributed by atoms with Crippen molar-refractivity contribution in [3.05, 3.63) is 84.0 Å². The standard InChI is InChI=1S/C23H22N2O4/c1-16(11-13-26)22(28)24-20-7-3-18(4-8-20)15-19-5-9-21(10-6-19)25-23(29)17(2)12-14-27/h3-10,13-14H,1-2,11-12,15H2,(H,24,28)(H,25,29). The molecule has 0 atom stereocenters. The Labute approximate surface area is 169 Å². The van der Waals surface area contributed by atoms with Gasteiger partial charge in [-0.25, -0.2) is 0 Å². The first-order valence-corrected chi connectivity index (χ1v) is 8.96. The Balaban J connectivity index is 1.93. The fraction of sp³-hybridized carbons (Fsp3) is 0.130. The molecule has 0 unspecified atom stereocenters. The van der Waals surface area contributed by atoms with Crippen LogP contribution in [-0.2, 0) is 25.6 Å². The summed E-state index contributed by atoms with van der Waals surface area (Å²) in [6, 6.07) is 14.7. The van der Waals surface area contributed by atoms with Crippen LogP contribution in [0.4, 0.5) is 11.4 Å². The van der Waals surface area contributed by atoms with Gasteiger partial charge in [0.1, 0.15) is 12.6 Å². The van der Waals surface area contributed by atoms with Gasteiger partial charge in [0.25, 0.3) is 11.8 Å². The molecule has 0 heterocycles. The maximum Gasteiger partial charge on any atom is 0.251 e. The minimum Gasteiger partial charge on any atom is -0.322 e. The van der Waals surface area contributed by atoms with E-state index in [1.165, 1.54) is 0 Å². The van der Waals surface area contributed by atoms with E-state index < -0.39 is 0 Å². The number of aldehydes is 2. The molecule has 6 nitrogen and oxygen atoms in total. The summed E-state index contributed by atoms with van der Waals surface area (Å²) in [6.45, 7) is 7.14. The molecular formula is C23H22N2O4. The van der Waals surface area contributed by atoms with Crippen LogP contribution in [-0.4, -0.2) is 24.4 Å². The van der Waals surface area contributed by atoms with Crippen LogP contribution in [0.3, 0.4) is 0 Å². The lowest BCUT2D eigenvalue weighted by Crippen LogP contribution is -2.14. The fourth-order valence-electron chi connectivity index (χ4n) is 2.47. The third-order valence-corrected chi connectivity index (χ3v) is 4.13. The molecule has 0 aliphatic carbocycles. The third-order valence-electron chi connectivity index (χ3n) is 4.13. The van der Waals surface area contributed by atoms with E-state index in [1.807, 2.05) is 24.3 Å². The summed E-state index contributed by atoms with van der Waals surface area (Å²) in [5, 5.41) is 5.39. The summed E-state index contributed by atoms with van der Waals surface area (Å²) < 4.78 is 0. The largest absolute Gasteiger partial charge is 0.322 e. The van der Waals surface area contributed by atoms with Crippen LogP contribution < -0.4 is 10.6 Å². The summed E-state index contributed by atoms with van der Waals surface area (Å²) in [4.78, 5) is 44.6. The van der Waals surface area contributed by atoms with Gasteiger partial charge in [0, 0.05) is 35.4 Å². The molecule has 0 spiro atoms. The van der Waals surface area contributed by atoms with Gasteiger partial charge in [-0.3, -0.25) is 9.59 Å². The van der Waals surface area contributed by atoms with E-state index >= 15 is 0 Å². The summed E-state index contributed by atoms with van der Waals surface area (Å²) in [5.74, 6) is -0.753. The summed E-state index contributed by atoms with van der Waals surface area (Å²) in [5.41, 5.74) is 3.77. The highest BCUT2D eigenvalue weighted by Crippen LogP contribution is 2.17. The van der Waals surface area contributed by atoms with E-state index in [0.717, 1.165) is 11.1 Å². The van der Waals surface area contributed by atoms with Crippen molar-refractivity contribution in [3.63, 3.8) is 0 Å². The molecule has 148 valence electrons. The molecule has 2 aromatic carbocycles. The average molecular weight is 390 g/mol. The number of nitrogens with one attached hydrogen (secondary N) is 2. The normalized spacial score (nSPS) is 9.93. The second kappa shape index (κ2) is 10.5. The zero-order valence-electron chi connectivity index (χ0n) is 15.9. The number of rotatable bonds is 10. The Morgan fingerprint density at radius 1 is 0.690 bits per heavy atom. The van der Waals surface area contributed by atoms with Gasteiger partial charge >= 0.3 is 0 Å². The van der Waals surface area contributed by atoms with Crippen molar-refractivity contribution in [2.75, 3.05) is 10.6 Å². The summed E-state index contributed by atoms with van der Waals surface area (Å²) in [7, 11) is 0. The first kappa shape index (κ1) is 21.5. The molecule has 0 bridgehead atoms. The van der Waals surface area contributed by atoms with Crippen molar-refractivity contribution < 1.29 is 19.2 Å². The smallest absolute Gasteiger partial charge is 0.251 e. The fourth-order valence-corrected chi connectivity index (χ4v) is 2.47. The van der Waals surface area contributed by atoms with Gasteiger partial charge in [-0.1, -0.05) is 37.4 Å². The molecule has 29 heavy (non-hydrogen) atoms. The van der Waals surface area contributed by atoms with Crippen LogP contribution in [0, 0.1) is 0 Å². The number of carbonyl (C=O) groups is 4. The topological polar surface area (TPSA) is 92.3 Å². The predicted octanol–water partition coefficient (Wildman–Crippen LogP) is 3.44. The van der Waals surface area contributed by atoms with E-state index in [1.54, 1.807) is 24.3 Å². The molecule has 0 aromatic heterocycles. The zero-order valence-corrected chi connectivity index (χ0v) is 15.9. The first-order valence-electron chi connectivity index (χ1n) is 8.96. The molecule has 0 saturated heterocycles. The van der Waals surface area contributed by atoms with Crippen LogP contribution in [0.5, 0.6) is 0 Å². The summed E-state index contributed by atoms with van der Waals surface area (Å²) >= 11 is 0. The molecule has 0 aliphatic rings. The van der Waals surface area contributed by atoms with Crippen molar-refractivity contribution in [2.45, 2.75) is 19.3 Å². The molecule has 2 amide bonds. The maximum atomic E-state index is 11.8. The molecule has 0 fully saturated rings. The number of carbonyl (C=O) groups excluding carboxylic acids is 4. The number of hydrogen-bond donors (Lipinski definition) is 2. The monoisotopic (exact) mass is 390 g/mol. The average Bonchev–Trinajstić information content (AvgIpc) is 2.71. The number of hydrogen-bond acceptors (Lipinski definition) is 4. The molecule has 6 heteroatoms. The lowest BCUT2D eigenvalue weighted by molar-refractivity contribution is -0.114. The van der Waals surface area contributed by atoms with Gasteiger partial charge < -0.3 is 20.2 Å². The quantitative estimate of drug-likeness (QED) is 0.480. The van der Waals surface area contributed by atoms with Crippen molar-refractivity contribution in [2.24, 2.45) is 0 Å². The Kier molecular flexibility index (Phi) is 7.79. The van der Waals surface area contributed by atoms with Crippen LogP contribution >= 0.6 is 0 Å². The molecule has 2 rings (SSSR count). The van der Waals surface area contributed by atoms with E-state index in [9.17, 15) is 19.2 Å². The highest BCUT2D eigenvalue weighted by atomic mass is 16.2. The number of anilines is 2. The van der Waals surface area contributed by atoms with Gasteiger partial charge in [-0.2, -0.15) is 0 Å². The highest BCUT2D eigenvalue weighted by molar-refractivity contribution is 6.05. The zero-order chi connectivity index (χ0) is 21.2. The van der Waals surface area contributed by atoms with Gasteiger partial charge in [0.05, 0.1) is 0 Å². The van der Waals surface area contributed by atoms with Crippen molar-refractivity contribution in [1.29, 1.82) is 0 Å². The Morgan fingerprint density at radius 3 is 1.34 bits per heavy atom. The van der Waals surface area contributed by atoms with Crippen molar-refractivity contribution in [3.8, 4) is 0 Å². The van der Waals surface area contributed by atoms with E-state index in [4.69, 9.17) is 0 Å². The second-order valence-corrected chi connectivity index (χ2v) is 6.43. The van der Waals surface area contributed by atoms with Gasteiger partial charge in [0.15, 0.2) is 0 Å². The molecule has 0 aliphatic heterocycles.